The highest BCUT2D eigenvalue weighted by molar-refractivity contribution is 7.86. The van der Waals surface area contributed by atoms with Crippen LogP contribution in [0.1, 0.15) is 70.6 Å². The minimum absolute atomic E-state index is 0.230. The number of nitrogens with zero attached hydrogens (tertiary/aromatic N) is 2. The van der Waals surface area contributed by atoms with E-state index in [1.54, 1.807) is 4.31 Å². The van der Waals surface area contributed by atoms with Crippen LogP contribution in [-0.4, -0.2) is 42.7 Å². The van der Waals surface area contributed by atoms with Crippen molar-refractivity contribution < 1.29 is 8.42 Å². The van der Waals surface area contributed by atoms with E-state index >= 15 is 0 Å². The van der Waals surface area contributed by atoms with Crippen LogP contribution in [0.3, 0.4) is 0 Å². The first-order valence-corrected chi connectivity index (χ1v) is 10.2. The molecule has 0 bridgehead atoms. The Morgan fingerprint density at radius 2 is 1.48 bits per heavy atom. The van der Waals surface area contributed by atoms with E-state index in [1.807, 2.05) is 11.4 Å². The average Bonchev–Trinajstić information content (AvgIpc) is 3.17. The van der Waals surface area contributed by atoms with Crippen molar-refractivity contribution in [3.63, 3.8) is 0 Å². The Kier molecular flexibility index (Phi) is 4.91. The molecule has 3 fully saturated rings. The van der Waals surface area contributed by atoms with Gasteiger partial charge in [0, 0.05) is 25.7 Å². The molecular formula is C16H30N2O2S. The number of hydrogen-bond acceptors (Lipinski definition) is 2. The lowest BCUT2D eigenvalue weighted by Crippen LogP contribution is -2.50. The second-order valence-corrected chi connectivity index (χ2v) is 9.12. The third-order valence-electron chi connectivity index (χ3n) is 5.94. The van der Waals surface area contributed by atoms with Crippen LogP contribution in [0.4, 0.5) is 0 Å². The molecule has 0 amide bonds. The molecule has 0 N–H and O–H groups in total. The summed E-state index contributed by atoms with van der Waals surface area (Å²) in [6.45, 7) is 0.737. The third kappa shape index (κ3) is 3.15. The quantitative estimate of drug-likeness (QED) is 0.800. The van der Waals surface area contributed by atoms with Crippen LogP contribution in [-0.2, 0) is 10.2 Å². The summed E-state index contributed by atoms with van der Waals surface area (Å²) in [4.78, 5) is 0. The number of hydrogen-bond donors (Lipinski definition) is 0. The first-order valence-electron chi connectivity index (χ1n) is 8.85. The molecule has 3 aliphatic rings. The molecule has 0 unspecified atom stereocenters. The minimum Gasteiger partial charge on any atom is -0.195 e. The van der Waals surface area contributed by atoms with E-state index in [9.17, 15) is 8.42 Å². The first kappa shape index (κ1) is 15.8. The molecular weight excluding hydrogens is 284 g/mol. The Morgan fingerprint density at radius 3 is 2.14 bits per heavy atom. The van der Waals surface area contributed by atoms with Crippen molar-refractivity contribution in [3.05, 3.63) is 0 Å². The van der Waals surface area contributed by atoms with Crippen molar-refractivity contribution in [1.29, 1.82) is 0 Å². The Bertz CT molecular complexity index is 439. The average molecular weight is 314 g/mol. The van der Waals surface area contributed by atoms with Crippen LogP contribution in [0, 0.1) is 5.92 Å². The van der Waals surface area contributed by atoms with Crippen LogP contribution in [0.5, 0.6) is 0 Å². The molecule has 1 atom stereocenters. The molecule has 0 aromatic heterocycles. The maximum atomic E-state index is 13.1. The van der Waals surface area contributed by atoms with Crippen molar-refractivity contribution in [2.45, 2.75) is 82.7 Å². The van der Waals surface area contributed by atoms with E-state index in [1.165, 1.54) is 44.9 Å². The second kappa shape index (κ2) is 6.55. The van der Waals surface area contributed by atoms with E-state index in [2.05, 4.69) is 0 Å². The van der Waals surface area contributed by atoms with Crippen LogP contribution in [0.25, 0.3) is 0 Å². The molecule has 2 aliphatic carbocycles. The molecule has 122 valence electrons. The lowest BCUT2D eigenvalue weighted by atomic mass is 9.96. The van der Waals surface area contributed by atoms with Gasteiger partial charge in [-0.1, -0.05) is 32.1 Å². The highest BCUT2D eigenvalue weighted by atomic mass is 32.2. The molecule has 4 nitrogen and oxygen atoms in total. The minimum atomic E-state index is -3.26. The third-order valence-corrected chi connectivity index (χ3v) is 8.01. The lowest BCUT2D eigenvalue weighted by molar-refractivity contribution is 0.236. The van der Waals surface area contributed by atoms with Gasteiger partial charge in [0.25, 0.3) is 10.2 Å². The second-order valence-electron chi connectivity index (χ2n) is 7.18. The normalized spacial score (nSPS) is 30.5. The van der Waals surface area contributed by atoms with Gasteiger partial charge >= 0.3 is 0 Å². The summed E-state index contributed by atoms with van der Waals surface area (Å²) < 4.78 is 29.7. The van der Waals surface area contributed by atoms with Crippen LogP contribution >= 0.6 is 0 Å². The zero-order valence-electron chi connectivity index (χ0n) is 13.3. The van der Waals surface area contributed by atoms with E-state index in [-0.39, 0.29) is 12.1 Å². The molecule has 1 aliphatic heterocycles. The molecule has 1 heterocycles. The molecule has 5 heteroatoms. The fraction of sp³-hybridized carbons (Fsp3) is 1.00. The van der Waals surface area contributed by atoms with Crippen molar-refractivity contribution in [3.8, 4) is 0 Å². The van der Waals surface area contributed by atoms with Crippen LogP contribution < -0.4 is 0 Å². The van der Waals surface area contributed by atoms with Gasteiger partial charge in [0.2, 0.25) is 0 Å². The fourth-order valence-electron chi connectivity index (χ4n) is 4.66. The molecule has 1 saturated heterocycles. The van der Waals surface area contributed by atoms with Crippen molar-refractivity contribution in [1.82, 2.24) is 8.61 Å². The van der Waals surface area contributed by atoms with E-state index < -0.39 is 10.2 Å². The summed E-state index contributed by atoms with van der Waals surface area (Å²) in [5.41, 5.74) is 0. The van der Waals surface area contributed by atoms with Crippen molar-refractivity contribution >= 4 is 10.2 Å². The summed E-state index contributed by atoms with van der Waals surface area (Å²) in [5.74, 6) is 0.613. The summed E-state index contributed by atoms with van der Waals surface area (Å²) in [7, 11) is -1.44. The van der Waals surface area contributed by atoms with Crippen LogP contribution in [0.2, 0.25) is 0 Å². The van der Waals surface area contributed by atoms with E-state index in [0.717, 1.165) is 32.2 Å². The topological polar surface area (TPSA) is 40.6 Å². The molecule has 3 rings (SSSR count). The van der Waals surface area contributed by atoms with Gasteiger partial charge in [-0.05, 0) is 44.4 Å². The predicted molar refractivity (Wildman–Crippen MR) is 85.2 cm³/mol. The van der Waals surface area contributed by atoms with Crippen LogP contribution in [0.15, 0.2) is 0 Å². The van der Waals surface area contributed by atoms with Gasteiger partial charge < -0.3 is 0 Å². The lowest BCUT2D eigenvalue weighted by Gasteiger charge is -2.36. The van der Waals surface area contributed by atoms with Gasteiger partial charge in [0.05, 0.1) is 0 Å². The first-order chi connectivity index (χ1) is 10.1. The Balaban J connectivity index is 1.73. The smallest absolute Gasteiger partial charge is 0.195 e. The maximum absolute atomic E-state index is 13.1. The zero-order valence-corrected chi connectivity index (χ0v) is 14.2. The standard InChI is InChI=1S/C16H30N2O2S/c1-17(15-10-3-2-4-11-15)21(19,20)18-13-7-12-16(18)14-8-5-6-9-14/h14-16H,2-13H2,1H3/t16-/m0/s1. The van der Waals surface area contributed by atoms with Gasteiger partial charge in [-0.25, -0.2) is 0 Å². The summed E-state index contributed by atoms with van der Waals surface area (Å²) in [6.07, 6.45) is 12.8. The van der Waals surface area contributed by atoms with E-state index in [4.69, 9.17) is 0 Å². The van der Waals surface area contributed by atoms with Crippen molar-refractivity contribution in [2.24, 2.45) is 5.92 Å². The molecule has 21 heavy (non-hydrogen) atoms. The molecule has 2 saturated carbocycles. The van der Waals surface area contributed by atoms with Gasteiger partial charge in [0.15, 0.2) is 0 Å². The monoisotopic (exact) mass is 314 g/mol. The Hall–Kier alpha value is -0.130. The molecule has 0 spiro atoms. The summed E-state index contributed by atoms with van der Waals surface area (Å²) >= 11 is 0. The summed E-state index contributed by atoms with van der Waals surface area (Å²) in [5, 5.41) is 0. The highest BCUT2D eigenvalue weighted by Crippen LogP contribution is 2.38. The fourth-order valence-corrected chi connectivity index (χ4v) is 6.56. The maximum Gasteiger partial charge on any atom is 0.282 e. The van der Waals surface area contributed by atoms with E-state index in [0.29, 0.717) is 5.92 Å². The molecule has 0 aromatic carbocycles. The Labute approximate surface area is 130 Å². The van der Waals surface area contributed by atoms with Gasteiger partial charge in [0.1, 0.15) is 0 Å². The largest absolute Gasteiger partial charge is 0.282 e. The van der Waals surface area contributed by atoms with Gasteiger partial charge in [-0.2, -0.15) is 17.0 Å². The van der Waals surface area contributed by atoms with Gasteiger partial charge in [-0.15, -0.1) is 0 Å². The molecule has 0 aromatic rings. The highest BCUT2D eigenvalue weighted by Gasteiger charge is 2.42. The predicted octanol–water partition coefficient (Wildman–Crippen LogP) is 3.15. The summed E-state index contributed by atoms with van der Waals surface area (Å²) in [6, 6.07) is 0.511. The van der Waals surface area contributed by atoms with Gasteiger partial charge in [-0.3, -0.25) is 0 Å². The number of rotatable bonds is 4. The molecule has 0 radical (unpaired) electrons. The Morgan fingerprint density at radius 1 is 0.857 bits per heavy atom. The van der Waals surface area contributed by atoms with Crippen molar-refractivity contribution in [2.75, 3.05) is 13.6 Å². The SMILES string of the molecule is CN(C1CCCCC1)S(=O)(=O)N1CCC[C@H]1C1CCCC1. The zero-order chi connectivity index (χ0) is 14.9.